The van der Waals surface area contributed by atoms with Gasteiger partial charge in [-0.1, -0.05) is 26.0 Å². The molecule has 0 saturated heterocycles. The first kappa shape index (κ1) is 19.8. The molecule has 0 bridgehead atoms. The van der Waals surface area contributed by atoms with Crippen LogP contribution in [0.15, 0.2) is 28.1 Å². The topological polar surface area (TPSA) is 56.7 Å². The third-order valence-corrected chi connectivity index (χ3v) is 4.93. The van der Waals surface area contributed by atoms with Gasteiger partial charge in [-0.25, -0.2) is 4.99 Å². The van der Waals surface area contributed by atoms with Crippen molar-refractivity contribution in [1.29, 1.82) is 0 Å². The number of aliphatic hydroxyl groups excluding tert-OH is 1. The largest absolute Gasteiger partial charge is 0.396 e. The second-order valence-electron chi connectivity index (χ2n) is 6.19. The quantitative estimate of drug-likeness (QED) is 0.387. The van der Waals surface area contributed by atoms with Gasteiger partial charge in [0.15, 0.2) is 5.96 Å². The number of hydrogen-bond acceptors (Lipinski definition) is 3. The van der Waals surface area contributed by atoms with E-state index in [-0.39, 0.29) is 12.0 Å². The Balaban J connectivity index is 2.79. The molecule has 1 aromatic rings. The molecule has 5 heteroatoms. The van der Waals surface area contributed by atoms with Gasteiger partial charge >= 0.3 is 0 Å². The zero-order valence-corrected chi connectivity index (χ0v) is 15.9. The summed E-state index contributed by atoms with van der Waals surface area (Å²) >= 11 is 1.76. The highest BCUT2D eigenvalue weighted by atomic mass is 32.2. The van der Waals surface area contributed by atoms with Crippen LogP contribution in [-0.2, 0) is 6.54 Å². The molecule has 0 saturated carbocycles. The van der Waals surface area contributed by atoms with Crippen LogP contribution in [0.4, 0.5) is 0 Å². The van der Waals surface area contributed by atoms with E-state index >= 15 is 0 Å². The minimum atomic E-state index is -0.121. The highest BCUT2D eigenvalue weighted by Gasteiger charge is 2.21. The molecule has 0 radical (unpaired) electrons. The van der Waals surface area contributed by atoms with Gasteiger partial charge in [0.25, 0.3) is 0 Å². The molecule has 0 aliphatic heterocycles. The summed E-state index contributed by atoms with van der Waals surface area (Å²) in [7, 11) is 0. The predicted molar refractivity (Wildman–Crippen MR) is 101 cm³/mol. The molecule has 0 spiro atoms. The molecule has 1 rings (SSSR count). The molecule has 0 heterocycles. The standard InChI is InChI=1S/C18H31N3OS/c1-6-18(4,13-22)12-21-17(19-7-2)20-11-15-9-8-14(3)10-16(15)23-5/h8-10,22H,6-7,11-13H2,1-5H3,(H2,19,20,21). The summed E-state index contributed by atoms with van der Waals surface area (Å²) in [5.74, 6) is 0.799. The van der Waals surface area contributed by atoms with Crippen LogP contribution in [0, 0.1) is 12.3 Å². The van der Waals surface area contributed by atoms with E-state index in [0.29, 0.717) is 13.1 Å². The molecule has 1 aromatic carbocycles. The first-order chi connectivity index (χ1) is 11.0. The van der Waals surface area contributed by atoms with E-state index in [0.717, 1.165) is 18.9 Å². The van der Waals surface area contributed by atoms with Crippen molar-refractivity contribution >= 4 is 17.7 Å². The lowest BCUT2D eigenvalue weighted by Crippen LogP contribution is -2.43. The van der Waals surface area contributed by atoms with Crippen molar-refractivity contribution in [2.75, 3.05) is 26.0 Å². The third-order valence-electron chi connectivity index (χ3n) is 4.11. The minimum Gasteiger partial charge on any atom is -0.396 e. The Bertz CT molecular complexity index is 513. The second kappa shape index (κ2) is 9.83. The zero-order chi connectivity index (χ0) is 17.3. The van der Waals surface area contributed by atoms with E-state index in [2.05, 4.69) is 62.8 Å². The Labute approximate surface area is 145 Å². The van der Waals surface area contributed by atoms with Crippen molar-refractivity contribution in [3.05, 3.63) is 29.3 Å². The number of hydrogen-bond donors (Lipinski definition) is 3. The fourth-order valence-electron chi connectivity index (χ4n) is 2.08. The zero-order valence-electron chi connectivity index (χ0n) is 15.1. The molecule has 0 aliphatic rings. The molecule has 3 N–H and O–H groups in total. The summed E-state index contributed by atoms with van der Waals surface area (Å²) in [5.41, 5.74) is 2.39. The lowest BCUT2D eigenvalue weighted by molar-refractivity contribution is 0.140. The number of benzene rings is 1. The van der Waals surface area contributed by atoms with Gasteiger partial charge in [0.05, 0.1) is 13.2 Å². The first-order valence-corrected chi connectivity index (χ1v) is 9.47. The number of nitrogens with one attached hydrogen (secondary N) is 2. The minimum absolute atomic E-state index is 0.121. The van der Waals surface area contributed by atoms with E-state index < -0.39 is 0 Å². The van der Waals surface area contributed by atoms with E-state index in [1.54, 1.807) is 11.8 Å². The number of aliphatic hydroxyl groups is 1. The fourth-order valence-corrected chi connectivity index (χ4v) is 2.78. The molecule has 1 atom stereocenters. The molecule has 0 fully saturated rings. The van der Waals surface area contributed by atoms with E-state index in [1.165, 1.54) is 16.0 Å². The number of aryl methyl sites for hydroxylation is 1. The monoisotopic (exact) mass is 337 g/mol. The lowest BCUT2D eigenvalue weighted by Gasteiger charge is -2.26. The van der Waals surface area contributed by atoms with Crippen LogP contribution in [0.5, 0.6) is 0 Å². The van der Waals surface area contributed by atoms with Gasteiger partial charge in [0, 0.05) is 23.4 Å². The van der Waals surface area contributed by atoms with Gasteiger partial charge in [-0.2, -0.15) is 0 Å². The number of guanidine groups is 1. The van der Waals surface area contributed by atoms with Crippen LogP contribution >= 0.6 is 11.8 Å². The van der Waals surface area contributed by atoms with Gasteiger partial charge in [0.2, 0.25) is 0 Å². The number of thioether (sulfide) groups is 1. The Morgan fingerprint density at radius 3 is 2.61 bits per heavy atom. The Morgan fingerprint density at radius 2 is 2.04 bits per heavy atom. The van der Waals surface area contributed by atoms with Crippen LogP contribution < -0.4 is 10.6 Å². The van der Waals surface area contributed by atoms with Crippen LogP contribution in [0.1, 0.15) is 38.3 Å². The summed E-state index contributed by atoms with van der Waals surface area (Å²) < 4.78 is 0. The molecule has 1 unspecified atom stereocenters. The van der Waals surface area contributed by atoms with Crippen molar-refractivity contribution in [1.82, 2.24) is 10.6 Å². The maximum atomic E-state index is 9.53. The summed E-state index contributed by atoms with van der Waals surface area (Å²) in [4.78, 5) is 5.97. The van der Waals surface area contributed by atoms with E-state index in [4.69, 9.17) is 4.99 Å². The maximum absolute atomic E-state index is 9.53. The van der Waals surface area contributed by atoms with Crippen molar-refractivity contribution in [2.24, 2.45) is 10.4 Å². The van der Waals surface area contributed by atoms with Gasteiger partial charge in [-0.3, -0.25) is 0 Å². The highest BCUT2D eigenvalue weighted by Crippen LogP contribution is 2.22. The molecule has 130 valence electrons. The second-order valence-corrected chi connectivity index (χ2v) is 7.03. The average molecular weight is 338 g/mol. The van der Waals surface area contributed by atoms with E-state index in [9.17, 15) is 5.11 Å². The number of rotatable bonds is 8. The molecule has 4 nitrogen and oxygen atoms in total. The Morgan fingerprint density at radius 1 is 1.30 bits per heavy atom. The molecule has 0 amide bonds. The van der Waals surface area contributed by atoms with Crippen LogP contribution in [0.2, 0.25) is 0 Å². The van der Waals surface area contributed by atoms with E-state index in [1.807, 2.05) is 0 Å². The number of aliphatic imine (C=N–C) groups is 1. The average Bonchev–Trinajstić information content (AvgIpc) is 2.57. The Kier molecular flexibility index (Phi) is 8.48. The van der Waals surface area contributed by atoms with Gasteiger partial charge in [-0.15, -0.1) is 11.8 Å². The van der Waals surface area contributed by atoms with Crippen LogP contribution in [0.3, 0.4) is 0 Å². The van der Waals surface area contributed by atoms with Crippen LogP contribution in [0.25, 0.3) is 0 Å². The molecule has 0 aliphatic carbocycles. The normalized spacial score (nSPS) is 14.4. The summed E-state index contributed by atoms with van der Waals surface area (Å²) in [5, 5.41) is 16.2. The van der Waals surface area contributed by atoms with Gasteiger partial charge < -0.3 is 15.7 Å². The lowest BCUT2D eigenvalue weighted by atomic mass is 9.89. The van der Waals surface area contributed by atoms with Crippen molar-refractivity contribution in [2.45, 2.75) is 45.6 Å². The third kappa shape index (κ3) is 6.43. The maximum Gasteiger partial charge on any atom is 0.191 e. The van der Waals surface area contributed by atoms with Crippen molar-refractivity contribution < 1.29 is 5.11 Å². The van der Waals surface area contributed by atoms with Crippen LogP contribution in [-0.4, -0.2) is 37.0 Å². The highest BCUT2D eigenvalue weighted by molar-refractivity contribution is 7.98. The SMILES string of the molecule is CCNC(=NCc1ccc(C)cc1SC)NCC(C)(CC)CO. The number of nitrogens with zero attached hydrogens (tertiary/aromatic N) is 1. The molecule has 23 heavy (non-hydrogen) atoms. The molecular formula is C18H31N3OS. The fraction of sp³-hybridized carbons (Fsp3) is 0.611. The predicted octanol–water partition coefficient (Wildman–Crippen LogP) is 3.18. The molecule has 0 aromatic heterocycles. The smallest absolute Gasteiger partial charge is 0.191 e. The summed E-state index contributed by atoms with van der Waals surface area (Å²) in [6.45, 7) is 10.7. The van der Waals surface area contributed by atoms with Crippen molar-refractivity contribution in [3.8, 4) is 0 Å². The molecular weight excluding hydrogens is 306 g/mol. The van der Waals surface area contributed by atoms with Gasteiger partial charge in [0.1, 0.15) is 0 Å². The van der Waals surface area contributed by atoms with Crippen molar-refractivity contribution in [3.63, 3.8) is 0 Å². The van der Waals surface area contributed by atoms with Gasteiger partial charge in [-0.05, 0) is 43.7 Å². The first-order valence-electron chi connectivity index (χ1n) is 8.24. The Hall–Kier alpha value is -1.20. The summed E-state index contributed by atoms with van der Waals surface area (Å²) in [6, 6.07) is 6.48. The summed E-state index contributed by atoms with van der Waals surface area (Å²) in [6.07, 6.45) is 3.02.